The van der Waals surface area contributed by atoms with Crippen molar-refractivity contribution in [2.75, 3.05) is 42.4 Å². The van der Waals surface area contributed by atoms with Crippen LogP contribution >= 0.6 is 0 Å². The van der Waals surface area contributed by atoms with Gasteiger partial charge in [0.05, 0.1) is 12.8 Å². The topological polar surface area (TPSA) is 53.1 Å². The van der Waals surface area contributed by atoms with Gasteiger partial charge in [0.2, 0.25) is 5.91 Å². The molecule has 1 fully saturated rings. The Balaban J connectivity index is 1.80. The van der Waals surface area contributed by atoms with Crippen LogP contribution in [0.3, 0.4) is 0 Å². The van der Waals surface area contributed by atoms with Gasteiger partial charge in [-0.2, -0.15) is 0 Å². The molecule has 0 spiro atoms. The highest BCUT2D eigenvalue weighted by Crippen LogP contribution is 2.36. The van der Waals surface area contributed by atoms with Crippen molar-refractivity contribution >= 4 is 28.9 Å². The highest BCUT2D eigenvalue weighted by Gasteiger charge is 2.42. The van der Waals surface area contributed by atoms with Crippen LogP contribution in [0.25, 0.3) is 0 Å². The lowest BCUT2D eigenvalue weighted by Gasteiger charge is -2.40. The maximum atomic E-state index is 14.5. The van der Waals surface area contributed by atoms with E-state index in [4.69, 9.17) is 4.74 Å². The molecule has 2 amide bonds. The predicted molar refractivity (Wildman–Crippen MR) is 123 cm³/mol. The number of carbonyl (C=O) groups excluding carboxylic acids is 2. The zero-order chi connectivity index (χ0) is 22.8. The summed E-state index contributed by atoms with van der Waals surface area (Å²) in [5.74, 6) is -0.583. The van der Waals surface area contributed by atoms with Crippen LogP contribution in [0.5, 0.6) is 5.75 Å². The van der Waals surface area contributed by atoms with E-state index >= 15 is 0 Å². The van der Waals surface area contributed by atoms with Gasteiger partial charge in [-0.3, -0.25) is 19.4 Å². The Bertz CT molecular complexity index is 1130. The highest BCUT2D eigenvalue weighted by atomic mass is 19.1. The summed E-state index contributed by atoms with van der Waals surface area (Å²) in [6.07, 6.45) is 0. The first-order chi connectivity index (χ1) is 15.4. The van der Waals surface area contributed by atoms with Crippen molar-refractivity contribution in [1.29, 1.82) is 0 Å². The number of rotatable bonds is 5. The van der Waals surface area contributed by atoms with Gasteiger partial charge >= 0.3 is 0 Å². The van der Waals surface area contributed by atoms with Crippen LogP contribution in [0.1, 0.15) is 11.6 Å². The largest absolute Gasteiger partial charge is 0.497 e. The molecular weight excluding hydrogens is 409 g/mol. The number of ether oxygens (including phenoxy) is 1. The minimum absolute atomic E-state index is 0.0927. The van der Waals surface area contributed by atoms with E-state index in [-0.39, 0.29) is 24.0 Å². The third-order valence-corrected chi connectivity index (χ3v) is 5.54. The van der Waals surface area contributed by atoms with E-state index in [1.807, 2.05) is 43.3 Å². The van der Waals surface area contributed by atoms with Crippen LogP contribution < -0.4 is 19.4 Å². The molecule has 0 aliphatic carbocycles. The lowest BCUT2D eigenvalue weighted by molar-refractivity contribution is -0.128. The van der Waals surface area contributed by atoms with Crippen LogP contribution in [-0.2, 0) is 9.59 Å². The van der Waals surface area contributed by atoms with Crippen LogP contribution in [0.4, 0.5) is 21.5 Å². The summed E-state index contributed by atoms with van der Waals surface area (Å²) in [4.78, 5) is 31.6. The molecule has 0 saturated carbocycles. The van der Waals surface area contributed by atoms with Crippen molar-refractivity contribution in [3.05, 3.63) is 84.2 Å². The number of nitrogens with zero attached hydrogens (tertiary/aromatic N) is 3. The van der Waals surface area contributed by atoms with Crippen LogP contribution in [-0.4, -0.2) is 39.6 Å². The molecule has 3 aromatic rings. The minimum Gasteiger partial charge on any atom is -0.497 e. The lowest BCUT2D eigenvalue weighted by Crippen LogP contribution is -2.56. The smallest absolute Gasteiger partial charge is 0.255 e. The fourth-order valence-electron chi connectivity index (χ4n) is 3.85. The number of carbonyl (C=O) groups is 2. The molecule has 1 saturated heterocycles. The maximum absolute atomic E-state index is 14.5. The lowest BCUT2D eigenvalue weighted by atomic mass is 9.99. The minimum atomic E-state index is -0.930. The zero-order valence-electron chi connectivity index (χ0n) is 18.2. The summed E-state index contributed by atoms with van der Waals surface area (Å²) >= 11 is 0. The number of halogens is 1. The van der Waals surface area contributed by atoms with Gasteiger partial charge in [0, 0.05) is 25.5 Å². The van der Waals surface area contributed by atoms with Crippen molar-refractivity contribution in [2.45, 2.75) is 6.04 Å². The molecule has 3 aromatic carbocycles. The van der Waals surface area contributed by atoms with Crippen molar-refractivity contribution in [2.24, 2.45) is 0 Å². The molecule has 6 nitrogen and oxygen atoms in total. The fraction of sp³-hybridized carbons (Fsp3) is 0.200. The third kappa shape index (κ3) is 3.89. The Labute approximate surface area is 186 Å². The Hall–Kier alpha value is -3.87. The van der Waals surface area contributed by atoms with Crippen molar-refractivity contribution in [3.63, 3.8) is 0 Å². The monoisotopic (exact) mass is 433 g/mol. The van der Waals surface area contributed by atoms with Gasteiger partial charge in [0.15, 0.2) is 0 Å². The number of hydrogen-bond donors (Lipinski definition) is 0. The molecule has 32 heavy (non-hydrogen) atoms. The molecule has 4 rings (SSSR count). The Morgan fingerprint density at radius 2 is 1.59 bits per heavy atom. The van der Waals surface area contributed by atoms with E-state index in [1.54, 1.807) is 43.5 Å². The van der Waals surface area contributed by atoms with Gasteiger partial charge in [-0.25, -0.2) is 4.39 Å². The quantitative estimate of drug-likeness (QED) is 0.610. The number of amides is 2. The third-order valence-electron chi connectivity index (χ3n) is 5.54. The van der Waals surface area contributed by atoms with E-state index in [2.05, 4.69) is 0 Å². The number of piperazine rings is 1. The summed E-state index contributed by atoms with van der Waals surface area (Å²) in [5.41, 5.74) is 2.27. The fourth-order valence-corrected chi connectivity index (χ4v) is 3.85. The molecule has 7 heteroatoms. The second kappa shape index (κ2) is 8.70. The summed E-state index contributed by atoms with van der Waals surface area (Å²) in [6, 6.07) is 19.4. The van der Waals surface area contributed by atoms with Crippen molar-refractivity contribution < 1.29 is 18.7 Å². The van der Waals surface area contributed by atoms with E-state index < -0.39 is 11.9 Å². The van der Waals surface area contributed by atoms with Gasteiger partial charge in [-0.05, 0) is 54.1 Å². The zero-order valence-corrected chi connectivity index (χ0v) is 18.2. The normalized spacial score (nSPS) is 16.3. The van der Waals surface area contributed by atoms with Crippen molar-refractivity contribution in [3.8, 4) is 5.75 Å². The van der Waals surface area contributed by atoms with Crippen LogP contribution in [0, 0.1) is 5.82 Å². The summed E-state index contributed by atoms with van der Waals surface area (Å²) in [7, 11) is 5.41. The molecule has 164 valence electrons. The number of methoxy groups -OCH3 is 1. The van der Waals surface area contributed by atoms with Gasteiger partial charge in [0.25, 0.3) is 5.91 Å². The SMILES string of the molecule is COc1ccc(N2C(=O)CN(c3ccccc3F)C(=O)[C@H]2c2ccc(N(C)C)cc2)cc1. The summed E-state index contributed by atoms with van der Waals surface area (Å²) in [6.45, 7) is -0.252. The van der Waals surface area contributed by atoms with Crippen molar-refractivity contribution in [1.82, 2.24) is 0 Å². The second-order valence-electron chi connectivity index (χ2n) is 7.73. The standard InChI is InChI=1S/C25H24FN3O3/c1-27(2)18-10-8-17(9-11-18)24-25(31)28(22-7-5-4-6-21(22)26)16-23(30)29(24)19-12-14-20(32-3)15-13-19/h4-15,24H,16H2,1-3H3/t24-/m1/s1. The number of hydrogen-bond acceptors (Lipinski definition) is 4. The average molecular weight is 433 g/mol. The van der Waals surface area contributed by atoms with E-state index in [0.717, 1.165) is 5.69 Å². The Morgan fingerprint density at radius 3 is 2.19 bits per heavy atom. The van der Waals surface area contributed by atoms with E-state index in [9.17, 15) is 14.0 Å². The average Bonchev–Trinajstić information content (AvgIpc) is 2.81. The van der Waals surface area contributed by atoms with E-state index in [1.165, 1.54) is 21.9 Å². The molecule has 1 heterocycles. The first-order valence-corrected chi connectivity index (χ1v) is 10.2. The summed E-state index contributed by atoms with van der Waals surface area (Å²) in [5, 5.41) is 0. The second-order valence-corrected chi connectivity index (χ2v) is 7.73. The Kier molecular flexibility index (Phi) is 5.81. The molecule has 1 aliphatic heterocycles. The number of anilines is 3. The molecule has 0 bridgehead atoms. The van der Waals surface area contributed by atoms with Crippen LogP contribution in [0.2, 0.25) is 0 Å². The van der Waals surface area contributed by atoms with Gasteiger partial charge in [-0.15, -0.1) is 0 Å². The van der Waals surface area contributed by atoms with Gasteiger partial charge < -0.3 is 9.64 Å². The molecule has 0 N–H and O–H groups in total. The molecule has 0 radical (unpaired) electrons. The molecular formula is C25H24FN3O3. The number of para-hydroxylation sites is 1. The van der Waals surface area contributed by atoms with Gasteiger partial charge in [-0.1, -0.05) is 24.3 Å². The first-order valence-electron chi connectivity index (χ1n) is 10.2. The number of benzene rings is 3. The van der Waals surface area contributed by atoms with Crippen LogP contribution in [0.15, 0.2) is 72.8 Å². The highest BCUT2D eigenvalue weighted by molar-refractivity contribution is 6.14. The Morgan fingerprint density at radius 1 is 0.938 bits per heavy atom. The van der Waals surface area contributed by atoms with Gasteiger partial charge in [0.1, 0.15) is 24.2 Å². The molecule has 0 aromatic heterocycles. The summed E-state index contributed by atoms with van der Waals surface area (Å²) < 4.78 is 19.7. The molecule has 0 unspecified atom stereocenters. The van der Waals surface area contributed by atoms with E-state index in [0.29, 0.717) is 17.0 Å². The maximum Gasteiger partial charge on any atom is 0.255 e. The molecule has 1 aliphatic rings. The predicted octanol–water partition coefficient (Wildman–Crippen LogP) is 4.02. The molecule has 1 atom stereocenters. The first kappa shape index (κ1) is 21.4.